The first-order valence-corrected chi connectivity index (χ1v) is 5.96. The van der Waals surface area contributed by atoms with E-state index in [2.05, 4.69) is 5.10 Å². The van der Waals surface area contributed by atoms with Crippen molar-refractivity contribution in [1.82, 2.24) is 10.2 Å². The first-order chi connectivity index (χ1) is 10.5. The van der Waals surface area contributed by atoms with Gasteiger partial charge in [-0.3, -0.25) is 9.89 Å². The van der Waals surface area contributed by atoms with Crippen molar-refractivity contribution in [3.63, 3.8) is 0 Å². The lowest BCUT2D eigenvalue weighted by Crippen LogP contribution is -2.50. The summed E-state index contributed by atoms with van der Waals surface area (Å²) >= 11 is 0. The molecule has 0 aliphatic carbocycles. The number of carbonyl (C=O) groups is 1. The molecule has 0 unspecified atom stereocenters. The second-order valence-corrected chi connectivity index (χ2v) is 4.52. The third-order valence-electron chi connectivity index (χ3n) is 3.00. The Bertz CT molecular complexity index is 689. The molecule has 3 nitrogen and oxygen atoms in total. The molecule has 0 atom stereocenters. The van der Waals surface area contributed by atoms with Gasteiger partial charge in [-0.25, -0.2) is 4.39 Å². The largest absolute Gasteiger partial charge is 0.437 e. The molecule has 0 radical (unpaired) electrons. The predicted octanol–water partition coefficient (Wildman–Crippen LogP) is 3.93. The van der Waals surface area contributed by atoms with E-state index < -0.39 is 35.2 Å². The lowest BCUT2D eigenvalue weighted by molar-refractivity contribution is -0.350. The van der Waals surface area contributed by atoms with Crippen molar-refractivity contribution in [1.29, 1.82) is 0 Å². The zero-order valence-corrected chi connectivity index (χ0v) is 11.0. The Balaban J connectivity index is 2.47. The molecule has 124 valence electrons. The number of ketones is 1. The normalized spacial score (nSPS) is 13.2. The highest BCUT2D eigenvalue weighted by Crippen LogP contribution is 2.52. The molecule has 0 saturated carbocycles. The minimum absolute atomic E-state index is 0.0194. The molecule has 0 aliphatic heterocycles. The van der Waals surface area contributed by atoms with Gasteiger partial charge < -0.3 is 0 Å². The van der Waals surface area contributed by atoms with E-state index >= 15 is 0 Å². The van der Waals surface area contributed by atoms with E-state index in [0.717, 1.165) is 0 Å². The van der Waals surface area contributed by atoms with Crippen LogP contribution in [0.4, 0.5) is 30.7 Å². The third-order valence-corrected chi connectivity index (χ3v) is 3.00. The number of nitrogens with one attached hydrogen (secondary N) is 1. The summed E-state index contributed by atoms with van der Waals surface area (Å²) in [6, 6.07) is 7.10. The Morgan fingerprint density at radius 1 is 0.913 bits per heavy atom. The van der Waals surface area contributed by atoms with Crippen LogP contribution in [0.2, 0.25) is 0 Å². The van der Waals surface area contributed by atoms with E-state index in [1.165, 1.54) is 29.4 Å². The average molecular weight is 340 g/mol. The van der Waals surface area contributed by atoms with Crippen LogP contribution < -0.4 is 0 Å². The van der Waals surface area contributed by atoms with Crippen LogP contribution in [0, 0.1) is 0 Å². The van der Waals surface area contributed by atoms with Crippen molar-refractivity contribution in [2.45, 2.75) is 18.0 Å². The molecule has 0 spiro atoms. The molecule has 0 fully saturated rings. The number of benzene rings is 1. The highest BCUT2D eigenvalue weighted by Gasteiger charge is 2.74. The first-order valence-electron chi connectivity index (χ1n) is 5.96. The molecule has 0 amide bonds. The van der Waals surface area contributed by atoms with Crippen LogP contribution in [0.15, 0.2) is 36.4 Å². The minimum Gasteiger partial charge on any atom is -0.287 e. The van der Waals surface area contributed by atoms with Crippen molar-refractivity contribution in [3.05, 3.63) is 53.3 Å². The van der Waals surface area contributed by atoms with Gasteiger partial charge in [0, 0.05) is 5.56 Å². The zero-order valence-electron chi connectivity index (χ0n) is 11.0. The lowest BCUT2D eigenvalue weighted by Gasteiger charge is -2.28. The molecule has 0 bridgehead atoms. The number of aromatic amines is 1. The Morgan fingerprint density at radius 3 is 1.91 bits per heavy atom. The van der Waals surface area contributed by atoms with Crippen LogP contribution in [-0.2, 0) is 5.67 Å². The maximum Gasteiger partial charge on any atom is 0.437 e. The molecule has 2 aromatic rings. The van der Waals surface area contributed by atoms with Gasteiger partial charge >= 0.3 is 18.0 Å². The topological polar surface area (TPSA) is 45.8 Å². The van der Waals surface area contributed by atoms with Crippen LogP contribution in [0.1, 0.15) is 21.7 Å². The van der Waals surface area contributed by atoms with Gasteiger partial charge in [0.2, 0.25) is 5.78 Å². The summed E-state index contributed by atoms with van der Waals surface area (Å²) in [7, 11) is 0. The summed E-state index contributed by atoms with van der Waals surface area (Å²) in [5, 5.41) is 4.40. The Hall–Kier alpha value is -2.39. The Morgan fingerprint density at radius 2 is 1.43 bits per heavy atom. The molecule has 1 heterocycles. The summed E-state index contributed by atoms with van der Waals surface area (Å²) in [6.07, 6.45) is -12.5. The summed E-state index contributed by atoms with van der Waals surface area (Å²) in [5.41, 5.74) is -8.34. The number of hydrogen-bond donors (Lipinski definition) is 1. The predicted molar refractivity (Wildman–Crippen MR) is 63.4 cm³/mol. The number of halogens is 7. The molecule has 1 aromatic heterocycles. The van der Waals surface area contributed by atoms with Crippen molar-refractivity contribution in [2.24, 2.45) is 0 Å². The number of hydrogen-bond acceptors (Lipinski definition) is 2. The smallest absolute Gasteiger partial charge is 0.287 e. The molecule has 0 aliphatic rings. The van der Waals surface area contributed by atoms with Gasteiger partial charge in [0.1, 0.15) is 5.69 Å². The van der Waals surface area contributed by atoms with Gasteiger partial charge in [-0.1, -0.05) is 30.3 Å². The molecule has 1 N–H and O–H groups in total. The van der Waals surface area contributed by atoms with Crippen LogP contribution >= 0.6 is 0 Å². The molecule has 2 rings (SSSR count). The van der Waals surface area contributed by atoms with E-state index in [1.807, 2.05) is 0 Å². The second kappa shape index (κ2) is 5.36. The quantitative estimate of drug-likeness (QED) is 0.680. The van der Waals surface area contributed by atoms with Gasteiger partial charge in [0.15, 0.2) is 0 Å². The fraction of sp³-hybridized carbons (Fsp3) is 0.231. The number of nitrogens with zero attached hydrogens (tertiary/aromatic N) is 1. The average Bonchev–Trinajstić information content (AvgIpc) is 2.94. The fourth-order valence-corrected chi connectivity index (χ4v) is 1.82. The van der Waals surface area contributed by atoms with Crippen molar-refractivity contribution in [3.8, 4) is 0 Å². The minimum atomic E-state index is -6.27. The molecular formula is C13H7F7N2O. The standard InChI is InChI=1S/C13H7F7N2O/c14-11(12(15,16)17,13(18,19)20)9-6-8(21-22-9)10(23)7-4-2-1-3-5-7/h1-6H,(H,21,22). The summed E-state index contributed by atoms with van der Waals surface area (Å²) < 4.78 is 89.3. The van der Waals surface area contributed by atoms with Gasteiger partial charge in [0.05, 0.1) is 5.69 Å². The molecule has 0 saturated heterocycles. The first kappa shape index (κ1) is 17.0. The number of alkyl halides is 7. The SMILES string of the molecule is O=C(c1ccccc1)c1cc(C(F)(C(F)(F)F)C(F)(F)F)[nH]n1. The molecule has 10 heteroatoms. The molecule has 23 heavy (non-hydrogen) atoms. The molecule has 1 aromatic carbocycles. The van der Waals surface area contributed by atoms with E-state index in [-0.39, 0.29) is 11.6 Å². The Kier molecular flexibility index (Phi) is 3.95. The molecular weight excluding hydrogens is 333 g/mol. The van der Waals surface area contributed by atoms with E-state index in [9.17, 15) is 35.5 Å². The van der Waals surface area contributed by atoms with Crippen molar-refractivity contribution < 1.29 is 35.5 Å². The number of aromatic nitrogens is 2. The van der Waals surface area contributed by atoms with Gasteiger partial charge in [-0.05, 0) is 6.07 Å². The van der Waals surface area contributed by atoms with Gasteiger partial charge in [-0.2, -0.15) is 31.4 Å². The van der Waals surface area contributed by atoms with E-state index in [4.69, 9.17) is 0 Å². The van der Waals surface area contributed by atoms with E-state index in [0.29, 0.717) is 0 Å². The number of rotatable bonds is 3. The van der Waals surface area contributed by atoms with Crippen LogP contribution in [0.5, 0.6) is 0 Å². The van der Waals surface area contributed by atoms with Crippen LogP contribution in [0.25, 0.3) is 0 Å². The summed E-state index contributed by atoms with van der Waals surface area (Å²) in [6.45, 7) is 0. The van der Waals surface area contributed by atoms with Crippen LogP contribution in [-0.4, -0.2) is 28.3 Å². The number of carbonyl (C=O) groups excluding carboxylic acids is 1. The Labute approximate surface area is 124 Å². The monoisotopic (exact) mass is 340 g/mol. The lowest BCUT2D eigenvalue weighted by atomic mass is 9.99. The van der Waals surface area contributed by atoms with Gasteiger partial charge in [-0.15, -0.1) is 0 Å². The van der Waals surface area contributed by atoms with Crippen molar-refractivity contribution >= 4 is 5.78 Å². The maximum absolute atomic E-state index is 13.8. The highest BCUT2D eigenvalue weighted by molar-refractivity contribution is 6.07. The summed E-state index contributed by atoms with van der Waals surface area (Å²) in [4.78, 5) is 11.9. The third kappa shape index (κ3) is 2.80. The van der Waals surface area contributed by atoms with Crippen molar-refractivity contribution in [2.75, 3.05) is 0 Å². The van der Waals surface area contributed by atoms with Gasteiger partial charge in [0.25, 0.3) is 0 Å². The highest BCUT2D eigenvalue weighted by atomic mass is 19.4. The van der Waals surface area contributed by atoms with Crippen LogP contribution in [0.3, 0.4) is 0 Å². The zero-order chi connectivity index (χ0) is 17.5. The van der Waals surface area contributed by atoms with E-state index in [1.54, 1.807) is 6.07 Å². The second-order valence-electron chi connectivity index (χ2n) is 4.52. The number of H-pyrrole nitrogens is 1. The fourth-order valence-electron chi connectivity index (χ4n) is 1.82. The summed E-state index contributed by atoms with van der Waals surface area (Å²) in [5.74, 6) is -0.945. The maximum atomic E-state index is 13.8.